The Balaban J connectivity index is 0.000001000. The molecule has 0 saturated carbocycles. The van der Waals surface area contributed by atoms with E-state index in [1.807, 2.05) is 35.6 Å². The van der Waals surface area contributed by atoms with Gasteiger partial charge in [-0.05, 0) is 0 Å². The van der Waals surface area contributed by atoms with Gasteiger partial charge < -0.3 is 24.0 Å². The second-order valence-corrected chi connectivity index (χ2v) is 2.40. The molecule has 0 saturated heterocycles. The zero-order valence-corrected chi connectivity index (χ0v) is 8.99. The molecule has 4 heteroatoms. The van der Waals surface area contributed by atoms with E-state index in [1.165, 1.54) is 0 Å². The van der Waals surface area contributed by atoms with Crippen molar-refractivity contribution in [3.63, 3.8) is 0 Å². The quantitative estimate of drug-likeness (QED) is 0.303. The first-order valence-corrected chi connectivity index (χ1v) is 3.15. The molecule has 0 unspecified atom stereocenters. The van der Waals surface area contributed by atoms with Gasteiger partial charge in [0.05, 0.1) is 14.1 Å². The summed E-state index contributed by atoms with van der Waals surface area (Å²) < 4.78 is 3.62. The van der Waals surface area contributed by atoms with Gasteiger partial charge in [-0.3, -0.25) is 4.79 Å². The predicted molar refractivity (Wildman–Crippen MR) is 36.6 cm³/mol. The molecule has 1 aromatic rings. The minimum atomic E-state index is 0. The number of halogens is 1. The Morgan fingerprint density at radius 2 is 2.18 bits per heavy atom. The highest BCUT2D eigenvalue weighted by Gasteiger charge is 2.15. The Bertz CT molecular complexity index is 248. The van der Waals surface area contributed by atoms with Crippen molar-refractivity contribution in [3.05, 3.63) is 18.2 Å². The summed E-state index contributed by atoms with van der Waals surface area (Å²) in [6.07, 6.45) is 3.72. The molecule has 0 bridgehead atoms. The van der Waals surface area contributed by atoms with Crippen molar-refractivity contribution in [1.29, 1.82) is 0 Å². The summed E-state index contributed by atoms with van der Waals surface area (Å²) in [4.78, 5) is 10.9. The number of hydrogen-bond donors (Lipinski definition) is 0. The first-order valence-electron chi connectivity index (χ1n) is 3.15. The molecule has 0 radical (unpaired) electrons. The van der Waals surface area contributed by atoms with E-state index in [0.29, 0.717) is 0 Å². The second-order valence-electron chi connectivity index (χ2n) is 2.40. The molecule has 1 heterocycles. The number of aromatic nitrogens is 2. The van der Waals surface area contributed by atoms with Gasteiger partial charge in [-0.1, -0.05) is 0 Å². The average Bonchev–Trinajstić information content (AvgIpc) is 2.11. The van der Waals surface area contributed by atoms with Crippen LogP contribution in [0.3, 0.4) is 0 Å². The van der Waals surface area contributed by atoms with E-state index in [1.54, 1.807) is 6.92 Å². The molecule has 0 fully saturated rings. The number of Topliss-reactive ketones (excluding diaryl/α,β-unsaturated/α-hetero) is 1. The number of ketones is 1. The molecule has 0 aliphatic rings. The maximum Gasteiger partial charge on any atom is 0.324 e. The van der Waals surface area contributed by atoms with Gasteiger partial charge >= 0.3 is 5.82 Å². The van der Waals surface area contributed by atoms with Gasteiger partial charge in [0.2, 0.25) is 5.78 Å². The van der Waals surface area contributed by atoms with E-state index in [0.717, 1.165) is 5.82 Å². The zero-order chi connectivity index (χ0) is 7.72. The lowest BCUT2D eigenvalue weighted by molar-refractivity contribution is -0.672. The van der Waals surface area contributed by atoms with Crippen LogP contribution >= 0.6 is 0 Å². The molecule has 11 heavy (non-hydrogen) atoms. The number of imidazole rings is 1. The highest BCUT2D eigenvalue weighted by molar-refractivity contribution is 5.89. The molecule has 0 amide bonds. The van der Waals surface area contributed by atoms with Crippen LogP contribution < -0.4 is 28.5 Å². The largest absolute Gasteiger partial charge is 1.00 e. The molecule has 0 aliphatic heterocycles. The standard InChI is InChI=1S/C7H11N2O.HI/c1-6(10)7-8(2)4-5-9(7)3;/h4-5H,1-3H3;1H/q+1;/p-1. The minimum absolute atomic E-state index is 0. The molecule has 3 nitrogen and oxygen atoms in total. The monoisotopic (exact) mass is 266 g/mol. The minimum Gasteiger partial charge on any atom is -1.00 e. The first kappa shape index (κ1) is 10.6. The fourth-order valence-corrected chi connectivity index (χ4v) is 1.09. The number of carbonyl (C=O) groups excluding carboxylic acids is 1. The lowest BCUT2D eigenvalue weighted by Crippen LogP contribution is -3.00. The molecule has 0 aliphatic carbocycles. The molecular weight excluding hydrogens is 255 g/mol. The Morgan fingerprint density at radius 3 is 2.36 bits per heavy atom. The second kappa shape index (κ2) is 3.85. The van der Waals surface area contributed by atoms with Gasteiger partial charge in [0.15, 0.2) is 0 Å². The Kier molecular flexibility index (Phi) is 3.71. The smallest absolute Gasteiger partial charge is 0.324 e. The lowest BCUT2D eigenvalue weighted by atomic mass is 10.4. The molecule has 0 atom stereocenters. The van der Waals surface area contributed by atoms with Crippen molar-refractivity contribution in [2.45, 2.75) is 6.92 Å². The van der Waals surface area contributed by atoms with E-state index in [2.05, 4.69) is 0 Å². The molecule has 0 spiro atoms. The van der Waals surface area contributed by atoms with Crippen molar-refractivity contribution in [3.8, 4) is 0 Å². The van der Waals surface area contributed by atoms with E-state index in [9.17, 15) is 4.79 Å². The average molecular weight is 266 g/mol. The number of rotatable bonds is 1. The molecule has 62 valence electrons. The molecular formula is C7H11IN2O. The van der Waals surface area contributed by atoms with Gasteiger partial charge in [-0.15, -0.1) is 0 Å². The zero-order valence-electron chi connectivity index (χ0n) is 6.84. The van der Waals surface area contributed by atoms with Gasteiger partial charge in [0, 0.05) is 6.92 Å². The van der Waals surface area contributed by atoms with Crippen molar-refractivity contribution in [2.75, 3.05) is 0 Å². The van der Waals surface area contributed by atoms with Crippen LogP contribution in [-0.4, -0.2) is 10.4 Å². The number of hydrogen-bond acceptors (Lipinski definition) is 1. The summed E-state index contributed by atoms with van der Waals surface area (Å²) in [5.41, 5.74) is 0. The number of carbonyl (C=O) groups is 1. The summed E-state index contributed by atoms with van der Waals surface area (Å²) in [5.74, 6) is 0.815. The first-order chi connectivity index (χ1) is 4.63. The van der Waals surface area contributed by atoms with Crippen LogP contribution in [0.2, 0.25) is 0 Å². The molecule has 0 N–H and O–H groups in total. The van der Waals surface area contributed by atoms with E-state index >= 15 is 0 Å². The molecule has 1 aromatic heterocycles. The van der Waals surface area contributed by atoms with E-state index < -0.39 is 0 Å². The fraction of sp³-hybridized carbons (Fsp3) is 0.429. The van der Waals surface area contributed by atoms with Crippen LogP contribution in [0.5, 0.6) is 0 Å². The molecule has 1 rings (SSSR count). The highest BCUT2D eigenvalue weighted by Crippen LogP contribution is 1.90. The van der Waals surface area contributed by atoms with Crippen LogP contribution in [0.15, 0.2) is 12.4 Å². The topological polar surface area (TPSA) is 25.9 Å². The van der Waals surface area contributed by atoms with Crippen molar-refractivity contribution < 1.29 is 33.3 Å². The summed E-state index contributed by atoms with van der Waals surface area (Å²) >= 11 is 0. The Morgan fingerprint density at radius 1 is 1.64 bits per heavy atom. The Labute approximate surface area is 83.0 Å². The van der Waals surface area contributed by atoms with Gasteiger partial charge in [0.1, 0.15) is 12.4 Å². The number of aryl methyl sites for hydroxylation is 2. The summed E-state index contributed by atoms with van der Waals surface area (Å²) in [7, 11) is 3.72. The molecule has 0 aromatic carbocycles. The van der Waals surface area contributed by atoms with Gasteiger partial charge in [-0.2, -0.15) is 0 Å². The van der Waals surface area contributed by atoms with Crippen LogP contribution in [0.1, 0.15) is 17.5 Å². The van der Waals surface area contributed by atoms with Crippen molar-refractivity contribution in [1.82, 2.24) is 4.57 Å². The SMILES string of the molecule is CC(=O)c1n(C)cc[n+]1C.[I-]. The number of nitrogens with zero attached hydrogens (tertiary/aromatic N) is 2. The predicted octanol–water partition coefficient (Wildman–Crippen LogP) is -2.94. The summed E-state index contributed by atoms with van der Waals surface area (Å²) in [6, 6.07) is 0. The van der Waals surface area contributed by atoms with Gasteiger partial charge in [-0.25, -0.2) is 9.13 Å². The van der Waals surface area contributed by atoms with E-state index in [4.69, 9.17) is 0 Å². The lowest BCUT2D eigenvalue weighted by Gasteiger charge is -1.89. The van der Waals surface area contributed by atoms with Crippen LogP contribution in [-0.2, 0) is 14.1 Å². The maximum absolute atomic E-state index is 10.9. The fourth-order valence-electron chi connectivity index (χ4n) is 1.09. The van der Waals surface area contributed by atoms with Gasteiger partial charge in [0.25, 0.3) is 0 Å². The van der Waals surface area contributed by atoms with Crippen LogP contribution in [0.25, 0.3) is 0 Å². The third-order valence-corrected chi connectivity index (χ3v) is 1.50. The summed E-state index contributed by atoms with van der Waals surface area (Å²) in [6.45, 7) is 1.56. The third kappa shape index (κ3) is 2.02. The van der Waals surface area contributed by atoms with Crippen molar-refractivity contribution in [2.24, 2.45) is 14.1 Å². The van der Waals surface area contributed by atoms with E-state index in [-0.39, 0.29) is 29.8 Å². The normalized spacial score (nSPS) is 9.00. The van der Waals surface area contributed by atoms with Crippen LogP contribution in [0.4, 0.5) is 0 Å². The van der Waals surface area contributed by atoms with Crippen LogP contribution in [0, 0.1) is 0 Å². The highest BCUT2D eigenvalue weighted by atomic mass is 127. The Hall–Kier alpha value is -0.390. The van der Waals surface area contributed by atoms with Crippen molar-refractivity contribution >= 4 is 5.78 Å². The maximum atomic E-state index is 10.9. The third-order valence-electron chi connectivity index (χ3n) is 1.50. The summed E-state index contributed by atoms with van der Waals surface area (Å²) in [5, 5.41) is 0.